The molecular weight excluding hydrogens is 387 g/mol. The molecule has 30 heavy (non-hydrogen) atoms. The van der Waals surface area contributed by atoms with Crippen molar-refractivity contribution in [3.63, 3.8) is 0 Å². The topological polar surface area (TPSA) is 73.5 Å². The Morgan fingerprint density at radius 2 is 1.87 bits per heavy atom. The van der Waals surface area contributed by atoms with Gasteiger partial charge in [0.2, 0.25) is 0 Å². The maximum Gasteiger partial charge on any atom is 0.420 e. The van der Waals surface area contributed by atoms with Crippen molar-refractivity contribution in [2.24, 2.45) is 0 Å². The highest BCUT2D eigenvalue weighted by atomic mass is 19.1. The van der Waals surface area contributed by atoms with E-state index in [-0.39, 0.29) is 18.3 Å². The number of benzene rings is 3. The minimum absolute atomic E-state index is 0.207. The molecule has 0 spiro atoms. The lowest BCUT2D eigenvalue weighted by atomic mass is 10.1. The lowest BCUT2D eigenvalue weighted by Crippen LogP contribution is -2.23. The highest BCUT2D eigenvalue weighted by Gasteiger charge is 2.14. The Hall–Kier alpha value is -3.87. The van der Waals surface area contributed by atoms with Gasteiger partial charge in [0.25, 0.3) is 5.91 Å². The Morgan fingerprint density at radius 1 is 1.10 bits per heavy atom. The van der Waals surface area contributed by atoms with Crippen LogP contribution in [0.3, 0.4) is 0 Å². The van der Waals surface area contributed by atoms with Crippen molar-refractivity contribution < 1.29 is 18.3 Å². The molecule has 0 aliphatic heterocycles. The van der Waals surface area contributed by atoms with Crippen molar-refractivity contribution in [1.29, 1.82) is 0 Å². The van der Waals surface area contributed by atoms with Crippen LogP contribution in [-0.2, 0) is 13.1 Å². The molecule has 0 saturated carbocycles. The number of fused-ring (bicyclic) bond motifs is 1. The van der Waals surface area contributed by atoms with Gasteiger partial charge in [-0.3, -0.25) is 9.36 Å². The van der Waals surface area contributed by atoms with E-state index in [1.165, 1.54) is 16.7 Å². The molecular formula is C23H19FN2O4. The van der Waals surface area contributed by atoms with Crippen LogP contribution in [0.4, 0.5) is 4.39 Å². The second kappa shape index (κ2) is 8.24. The molecule has 0 atom stereocenters. The van der Waals surface area contributed by atoms with E-state index >= 15 is 0 Å². The molecule has 1 aromatic heterocycles. The van der Waals surface area contributed by atoms with Crippen LogP contribution in [-0.4, -0.2) is 17.6 Å². The summed E-state index contributed by atoms with van der Waals surface area (Å²) >= 11 is 0. The fourth-order valence-electron chi connectivity index (χ4n) is 3.25. The van der Waals surface area contributed by atoms with E-state index in [0.717, 1.165) is 11.1 Å². The van der Waals surface area contributed by atoms with Gasteiger partial charge < -0.3 is 14.5 Å². The predicted molar refractivity (Wildman–Crippen MR) is 110 cm³/mol. The maximum absolute atomic E-state index is 13.1. The molecule has 4 aromatic rings. The van der Waals surface area contributed by atoms with Crippen molar-refractivity contribution in [2.45, 2.75) is 13.1 Å². The van der Waals surface area contributed by atoms with Crippen LogP contribution >= 0.6 is 0 Å². The van der Waals surface area contributed by atoms with Crippen LogP contribution in [0.2, 0.25) is 0 Å². The van der Waals surface area contributed by atoms with Crippen molar-refractivity contribution in [3.05, 3.63) is 99.8 Å². The number of hydrogen-bond donors (Lipinski definition) is 1. The van der Waals surface area contributed by atoms with Gasteiger partial charge in [-0.1, -0.05) is 30.3 Å². The summed E-state index contributed by atoms with van der Waals surface area (Å²) in [5.74, 6) is -0.487. The Balaban J connectivity index is 1.58. The first-order valence-corrected chi connectivity index (χ1v) is 9.33. The number of ether oxygens (including phenoxy) is 1. The molecule has 0 aliphatic carbocycles. The average molecular weight is 406 g/mol. The number of para-hydroxylation sites is 1. The van der Waals surface area contributed by atoms with Gasteiger partial charge in [-0.05, 0) is 42.0 Å². The van der Waals surface area contributed by atoms with Crippen molar-refractivity contribution in [1.82, 2.24) is 9.88 Å². The SMILES string of the molecule is COc1ccccc1CNC(=O)c1ccc2oc(=O)n(Cc3ccc(F)cc3)c2c1. The summed E-state index contributed by atoms with van der Waals surface area (Å²) in [6.45, 7) is 0.507. The summed E-state index contributed by atoms with van der Waals surface area (Å²) in [5.41, 5.74) is 2.86. The molecule has 7 heteroatoms. The third-order valence-corrected chi connectivity index (χ3v) is 4.82. The molecule has 1 amide bonds. The summed E-state index contributed by atoms with van der Waals surface area (Å²) in [6, 6.07) is 18.1. The van der Waals surface area contributed by atoms with Crippen LogP contribution in [0.25, 0.3) is 11.1 Å². The summed E-state index contributed by atoms with van der Waals surface area (Å²) < 4.78 is 25.1. The Kier molecular flexibility index (Phi) is 5.34. The number of aromatic nitrogens is 1. The van der Waals surface area contributed by atoms with Crippen LogP contribution in [0, 0.1) is 5.82 Å². The van der Waals surface area contributed by atoms with Gasteiger partial charge in [-0.15, -0.1) is 0 Å². The Bertz CT molecular complexity index is 1260. The van der Waals surface area contributed by atoms with Gasteiger partial charge in [-0.25, -0.2) is 9.18 Å². The number of halogens is 1. The number of carbonyl (C=O) groups is 1. The fraction of sp³-hybridized carbons (Fsp3) is 0.130. The van der Waals surface area contributed by atoms with E-state index in [9.17, 15) is 14.0 Å². The molecule has 0 radical (unpaired) electrons. The zero-order valence-electron chi connectivity index (χ0n) is 16.2. The fourth-order valence-corrected chi connectivity index (χ4v) is 3.25. The number of hydrogen-bond acceptors (Lipinski definition) is 4. The molecule has 152 valence electrons. The smallest absolute Gasteiger partial charge is 0.420 e. The first kappa shape index (κ1) is 19.4. The van der Waals surface area contributed by atoms with E-state index in [2.05, 4.69) is 5.32 Å². The molecule has 0 saturated heterocycles. The van der Waals surface area contributed by atoms with Crippen LogP contribution in [0.15, 0.2) is 75.9 Å². The number of oxazole rings is 1. The van der Waals surface area contributed by atoms with Crippen LogP contribution < -0.4 is 15.8 Å². The molecule has 1 N–H and O–H groups in total. The quantitative estimate of drug-likeness (QED) is 0.530. The number of rotatable bonds is 6. The first-order chi connectivity index (χ1) is 14.5. The van der Waals surface area contributed by atoms with Gasteiger partial charge >= 0.3 is 5.76 Å². The summed E-state index contributed by atoms with van der Waals surface area (Å²) in [5, 5.41) is 2.86. The highest BCUT2D eigenvalue weighted by molar-refractivity contribution is 5.97. The van der Waals surface area contributed by atoms with Crippen LogP contribution in [0.5, 0.6) is 5.75 Å². The normalized spacial score (nSPS) is 10.9. The third-order valence-electron chi connectivity index (χ3n) is 4.82. The number of methoxy groups -OCH3 is 1. The second-order valence-electron chi connectivity index (χ2n) is 6.76. The van der Waals surface area contributed by atoms with E-state index in [0.29, 0.717) is 29.0 Å². The molecule has 3 aromatic carbocycles. The van der Waals surface area contributed by atoms with Gasteiger partial charge in [0.05, 0.1) is 19.2 Å². The minimum Gasteiger partial charge on any atom is -0.496 e. The molecule has 0 fully saturated rings. The monoisotopic (exact) mass is 406 g/mol. The largest absolute Gasteiger partial charge is 0.496 e. The lowest BCUT2D eigenvalue weighted by Gasteiger charge is -2.10. The second-order valence-corrected chi connectivity index (χ2v) is 6.76. The average Bonchev–Trinajstić information content (AvgIpc) is 3.08. The van der Waals surface area contributed by atoms with Crippen molar-refractivity contribution in [2.75, 3.05) is 7.11 Å². The molecule has 0 aliphatic rings. The first-order valence-electron chi connectivity index (χ1n) is 9.33. The predicted octanol–water partition coefficient (Wildman–Crippen LogP) is 3.72. The third kappa shape index (κ3) is 3.96. The van der Waals surface area contributed by atoms with E-state index in [1.807, 2.05) is 24.3 Å². The number of amides is 1. The summed E-state index contributed by atoms with van der Waals surface area (Å²) in [4.78, 5) is 24.9. The van der Waals surface area contributed by atoms with Crippen molar-refractivity contribution in [3.8, 4) is 5.75 Å². The minimum atomic E-state index is -0.541. The van der Waals surface area contributed by atoms with E-state index in [4.69, 9.17) is 9.15 Å². The zero-order chi connectivity index (χ0) is 21.1. The zero-order valence-corrected chi connectivity index (χ0v) is 16.2. The van der Waals surface area contributed by atoms with Crippen LogP contribution in [0.1, 0.15) is 21.5 Å². The molecule has 0 bridgehead atoms. The van der Waals surface area contributed by atoms with E-state index < -0.39 is 5.76 Å². The maximum atomic E-state index is 13.1. The number of nitrogens with one attached hydrogen (secondary N) is 1. The summed E-state index contributed by atoms with van der Waals surface area (Å²) in [7, 11) is 1.58. The lowest BCUT2D eigenvalue weighted by molar-refractivity contribution is 0.0951. The van der Waals surface area contributed by atoms with Gasteiger partial charge in [-0.2, -0.15) is 0 Å². The summed E-state index contributed by atoms with van der Waals surface area (Å²) in [6.07, 6.45) is 0. The molecule has 1 heterocycles. The molecule has 0 unspecified atom stereocenters. The van der Waals surface area contributed by atoms with Crippen molar-refractivity contribution >= 4 is 17.0 Å². The number of carbonyl (C=O) groups excluding carboxylic acids is 1. The molecule has 6 nitrogen and oxygen atoms in total. The van der Waals surface area contributed by atoms with Gasteiger partial charge in [0.15, 0.2) is 5.58 Å². The standard InChI is InChI=1S/C23H19FN2O4/c1-29-20-5-3-2-4-17(20)13-25-22(27)16-8-11-21-19(12-16)26(23(28)30-21)14-15-6-9-18(24)10-7-15/h2-12H,13-14H2,1H3,(H,25,27). The highest BCUT2D eigenvalue weighted by Crippen LogP contribution is 2.19. The van der Waals surface area contributed by atoms with E-state index in [1.54, 1.807) is 37.4 Å². The Labute approximate surface area is 171 Å². The molecule has 4 rings (SSSR count). The van der Waals surface area contributed by atoms with Gasteiger partial charge in [0, 0.05) is 17.7 Å². The van der Waals surface area contributed by atoms with Gasteiger partial charge in [0.1, 0.15) is 11.6 Å². The number of nitrogens with zero attached hydrogens (tertiary/aromatic N) is 1. The Morgan fingerprint density at radius 3 is 2.63 bits per heavy atom.